The average Bonchev–Trinajstić information content (AvgIpc) is 2.15. The second-order valence-electron chi connectivity index (χ2n) is 3.40. The van der Waals surface area contributed by atoms with Crippen molar-refractivity contribution in [3.8, 4) is 0 Å². The molecule has 17 heavy (non-hydrogen) atoms. The number of alkyl halides is 3. The molecule has 0 atom stereocenters. The topological polar surface area (TPSA) is 32.3 Å². The number of urea groups is 1. The third-order valence-corrected chi connectivity index (χ3v) is 2.68. The zero-order chi connectivity index (χ0) is 13.1. The fraction of sp³-hybridized carbons (Fsp3) is 0.300. The highest BCUT2D eigenvalue weighted by atomic mass is 35.5. The van der Waals surface area contributed by atoms with Gasteiger partial charge in [-0.05, 0) is 41.6 Å². The summed E-state index contributed by atoms with van der Waals surface area (Å²) in [7, 11) is 3.17. The highest BCUT2D eigenvalue weighted by Gasteiger charge is 2.26. The first-order chi connectivity index (χ1) is 7.78. The molecule has 0 aromatic heterocycles. The Morgan fingerprint density at radius 2 is 2.12 bits per heavy atom. The maximum Gasteiger partial charge on any atom is 0.375 e. The molecule has 0 radical (unpaired) electrons. The molecule has 2 amide bonds. The van der Waals surface area contributed by atoms with Gasteiger partial charge in [-0.15, -0.1) is 0 Å². The Balaban J connectivity index is 2.76. The van der Waals surface area contributed by atoms with Gasteiger partial charge < -0.3 is 10.2 Å². The van der Waals surface area contributed by atoms with E-state index >= 15 is 0 Å². The molecule has 1 N–H and O–H groups in total. The van der Waals surface area contributed by atoms with Crippen molar-refractivity contribution in [2.75, 3.05) is 19.4 Å². The zero-order valence-corrected chi connectivity index (χ0v) is 10.8. The monoisotopic (exact) mass is 280 g/mol. The van der Waals surface area contributed by atoms with Crippen LogP contribution in [0.2, 0.25) is 0 Å². The maximum absolute atomic E-state index is 12.6. The number of benzene rings is 1. The van der Waals surface area contributed by atoms with Crippen molar-refractivity contribution < 1.29 is 13.6 Å². The van der Waals surface area contributed by atoms with Crippen molar-refractivity contribution in [1.82, 2.24) is 4.90 Å². The molecule has 94 valence electrons. The van der Waals surface area contributed by atoms with Gasteiger partial charge in [-0.25, -0.2) is 4.79 Å². The number of thioether (sulfide) groups is 1. The van der Waals surface area contributed by atoms with Crippen molar-refractivity contribution in [3.63, 3.8) is 0 Å². The van der Waals surface area contributed by atoms with Crippen LogP contribution in [0.4, 0.5) is 19.3 Å². The van der Waals surface area contributed by atoms with Gasteiger partial charge >= 0.3 is 10.7 Å². The summed E-state index contributed by atoms with van der Waals surface area (Å²) >= 11 is 5.03. The number of carbonyl (C=O) groups is 1. The first-order valence-electron chi connectivity index (χ1n) is 4.62. The lowest BCUT2D eigenvalue weighted by molar-refractivity contribution is 0.203. The normalized spacial score (nSPS) is 11.1. The quantitative estimate of drug-likeness (QED) is 0.677. The second kappa shape index (κ2) is 5.55. The summed E-state index contributed by atoms with van der Waals surface area (Å²) in [5.74, 6) is 0. The lowest BCUT2D eigenvalue weighted by atomic mass is 10.3. The van der Waals surface area contributed by atoms with Crippen LogP contribution in [-0.2, 0) is 0 Å². The molecular weight excluding hydrogens is 270 g/mol. The predicted molar refractivity (Wildman–Crippen MR) is 65.8 cm³/mol. The van der Waals surface area contributed by atoms with E-state index in [4.69, 9.17) is 11.6 Å². The van der Waals surface area contributed by atoms with Gasteiger partial charge in [0, 0.05) is 24.7 Å². The SMILES string of the molecule is CN(C)C(=O)Nc1cccc(SC(F)(F)Cl)c1. The zero-order valence-electron chi connectivity index (χ0n) is 9.21. The molecule has 0 aliphatic heterocycles. The molecule has 0 aliphatic rings. The van der Waals surface area contributed by atoms with Crippen LogP contribution in [0.25, 0.3) is 0 Å². The van der Waals surface area contributed by atoms with Gasteiger partial charge in [-0.2, -0.15) is 8.78 Å². The molecule has 0 unspecified atom stereocenters. The van der Waals surface area contributed by atoms with Crippen LogP contribution in [0, 0.1) is 0 Å². The molecular formula is C10H11ClF2N2OS. The first kappa shape index (κ1) is 14.1. The standard InChI is InChI=1S/C10H11ClF2N2OS/c1-15(2)9(16)14-7-4-3-5-8(6-7)17-10(11,12)13/h3-6H,1-2H3,(H,14,16). The molecule has 0 bridgehead atoms. The van der Waals surface area contributed by atoms with Gasteiger partial charge in [0.1, 0.15) is 0 Å². The Bertz CT molecular complexity index is 410. The Morgan fingerprint density at radius 1 is 1.47 bits per heavy atom. The highest BCUT2D eigenvalue weighted by molar-refractivity contribution is 8.01. The van der Waals surface area contributed by atoms with Gasteiger partial charge in [-0.1, -0.05) is 6.07 Å². The van der Waals surface area contributed by atoms with Crippen LogP contribution in [0.15, 0.2) is 29.2 Å². The van der Waals surface area contributed by atoms with Crippen molar-refractivity contribution in [3.05, 3.63) is 24.3 Å². The van der Waals surface area contributed by atoms with Crippen LogP contribution in [0.1, 0.15) is 0 Å². The maximum atomic E-state index is 12.6. The number of anilines is 1. The molecule has 0 spiro atoms. The van der Waals surface area contributed by atoms with E-state index in [9.17, 15) is 13.6 Å². The van der Waals surface area contributed by atoms with E-state index < -0.39 is 4.71 Å². The second-order valence-corrected chi connectivity index (χ2v) is 5.29. The van der Waals surface area contributed by atoms with E-state index in [0.29, 0.717) is 5.69 Å². The number of rotatable bonds is 3. The predicted octanol–water partition coefficient (Wildman–Crippen LogP) is 3.66. The van der Waals surface area contributed by atoms with E-state index in [2.05, 4.69) is 5.32 Å². The minimum atomic E-state index is -3.36. The highest BCUT2D eigenvalue weighted by Crippen LogP contribution is 2.39. The molecule has 0 heterocycles. The third kappa shape index (κ3) is 5.23. The van der Waals surface area contributed by atoms with Gasteiger partial charge in [0.05, 0.1) is 0 Å². The molecule has 0 aliphatic carbocycles. The molecule has 0 saturated heterocycles. The average molecular weight is 281 g/mol. The minimum absolute atomic E-state index is 0.218. The number of nitrogens with zero attached hydrogens (tertiary/aromatic N) is 1. The number of hydrogen-bond donors (Lipinski definition) is 1. The van der Waals surface area contributed by atoms with Gasteiger partial charge in [0.25, 0.3) is 0 Å². The molecule has 1 aromatic rings. The number of halogens is 3. The Hall–Kier alpha value is -1.01. The number of carbonyl (C=O) groups excluding carboxylic acids is 1. The Kier molecular flexibility index (Phi) is 4.59. The Morgan fingerprint density at radius 3 is 2.65 bits per heavy atom. The molecule has 1 aromatic carbocycles. The largest absolute Gasteiger partial charge is 0.375 e. The molecule has 0 saturated carbocycles. The van der Waals surface area contributed by atoms with Crippen molar-refractivity contribution in [2.45, 2.75) is 9.61 Å². The smallest absolute Gasteiger partial charge is 0.331 e. The number of amides is 2. The van der Waals surface area contributed by atoms with Crippen molar-refractivity contribution >= 4 is 35.1 Å². The van der Waals surface area contributed by atoms with E-state index in [1.54, 1.807) is 26.2 Å². The van der Waals surface area contributed by atoms with Crippen molar-refractivity contribution in [1.29, 1.82) is 0 Å². The van der Waals surface area contributed by atoms with Crippen LogP contribution in [0.5, 0.6) is 0 Å². The first-order valence-corrected chi connectivity index (χ1v) is 5.81. The van der Waals surface area contributed by atoms with Crippen LogP contribution >= 0.6 is 23.4 Å². The van der Waals surface area contributed by atoms with Gasteiger partial charge in [0.2, 0.25) is 0 Å². The van der Waals surface area contributed by atoms with Gasteiger partial charge in [-0.3, -0.25) is 0 Å². The molecule has 0 fully saturated rings. The fourth-order valence-corrected chi connectivity index (χ4v) is 1.87. The summed E-state index contributed by atoms with van der Waals surface area (Å²) in [5, 5.41) is 2.55. The summed E-state index contributed by atoms with van der Waals surface area (Å²) in [6.45, 7) is 0. The Labute approximate surface area is 107 Å². The van der Waals surface area contributed by atoms with E-state index in [1.807, 2.05) is 0 Å². The van der Waals surface area contributed by atoms with Crippen LogP contribution in [0.3, 0.4) is 0 Å². The minimum Gasteiger partial charge on any atom is -0.331 e. The number of hydrogen-bond acceptors (Lipinski definition) is 2. The molecule has 7 heteroatoms. The lowest BCUT2D eigenvalue weighted by Crippen LogP contribution is -2.27. The van der Waals surface area contributed by atoms with E-state index in [0.717, 1.165) is 0 Å². The summed E-state index contributed by atoms with van der Waals surface area (Å²) in [6.07, 6.45) is 0. The number of nitrogens with one attached hydrogen (secondary N) is 1. The third-order valence-electron chi connectivity index (χ3n) is 1.73. The summed E-state index contributed by atoms with van der Waals surface area (Å²) in [5.41, 5.74) is 0.439. The summed E-state index contributed by atoms with van der Waals surface area (Å²) in [4.78, 5) is 13.0. The lowest BCUT2D eigenvalue weighted by Gasteiger charge is -2.13. The molecule has 1 rings (SSSR count). The summed E-state index contributed by atoms with van der Waals surface area (Å²) < 4.78 is 21.8. The molecule has 3 nitrogen and oxygen atoms in total. The van der Waals surface area contributed by atoms with Crippen LogP contribution in [-0.4, -0.2) is 29.7 Å². The fourth-order valence-electron chi connectivity index (χ4n) is 1.01. The van der Waals surface area contributed by atoms with Crippen molar-refractivity contribution in [2.24, 2.45) is 0 Å². The van der Waals surface area contributed by atoms with E-state index in [-0.39, 0.29) is 22.7 Å². The van der Waals surface area contributed by atoms with Gasteiger partial charge in [0.15, 0.2) is 0 Å². The summed E-state index contributed by atoms with van der Waals surface area (Å²) in [6, 6.07) is 5.77. The van der Waals surface area contributed by atoms with Crippen LogP contribution < -0.4 is 5.32 Å². The van der Waals surface area contributed by atoms with E-state index in [1.165, 1.54) is 17.0 Å².